The zero-order valence-corrected chi connectivity index (χ0v) is 15.9. The Labute approximate surface area is 158 Å². The van der Waals surface area contributed by atoms with Gasteiger partial charge in [0.15, 0.2) is 11.5 Å². The summed E-state index contributed by atoms with van der Waals surface area (Å²) < 4.78 is 29.4. The van der Waals surface area contributed by atoms with Crippen LogP contribution in [0.25, 0.3) is 6.08 Å². The van der Waals surface area contributed by atoms with Gasteiger partial charge >= 0.3 is 0 Å². The molecule has 0 aromatic heterocycles. The van der Waals surface area contributed by atoms with Gasteiger partial charge in [0.2, 0.25) is 0 Å². The minimum atomic E-state index is -0.314. The molecule has 2 aromatic carbocycles. The second-order valence-electron chi connectivity index (χ2n) is 7.67. The van der Waals surface area contributed by atoms with Crippen molar-refractivity contribution >= 4 is 6.08 Å². The summed E-state index contributed by atoms with van der Waals surface area (Å²) in [5.74, 6) is 3.99. The largest absolute Gasteiger partial charge is 0.493 e. The summed E-state index contributed by atoms with van der Waals surface area (Å²) in [5, 5.41) is 0. The number of benzene rings is 2. The van der Waals surface area contributed by atoms with Gasteiger partial charge in [0.25, 0.3) is 0 Å². The first-order valence-corrected chi connectivity index (χ1v) is 9.10. The summed E-state index contributed by atoms with van der Waals surface area (Å²) in [6.07, 6.45) is 4.09. The van der Waals surface area contributed by atoms with E-state index >= 15 is 0 Å². The van der Waals surface area contributed by atoms with Crippen LogP contribution in [-0.2, 0) is 0 Å². The minimum Gasteiger partial charge on any atom is -0.493 e. The predicted octanol–water partition coefficient (Wildman–Crippen LogP) is 4.50. The lowest BCUT2D eigenvalue weighted by Crippen LogP contribution is -2.28. The van der Waals surface area contributed by atoms with Crippen molar-refractivity contribution in [2.45, 2.75) is 31.5 Å². The number of rotatable bonds is 2. The summed E-state index contributed by atoms with van der Waals surface area (Å²) in [7, 11) is 3.27. The van der Waals surface area contributed by atoms with E-state index in [0.29, 0.717) is 18.1 Å². The van der Waals surface area contributed by atoms with Gasteiger partial charge in [-0.2, -0.15) is 0 Å². The fourth-order valence-corrected chi connectivity index (χ4v) is 4.06. The quantitative estimate of drug-likeness (QED) is 0.783. The topological polar surface area (TPSA) is 46.2 Å². The fraction of sp³-hybridized carbons (Fsp3) is 0.364. The molecule has 140 valence electrons. The van der Waals surface area contributed by atoms with Crippen LogP contribution in [0.1, 0.15) is 42.6 Å². The second-order valence-corrected chi connectivity index (χ2v) is 7.67. The van der Waals surface area contributed by atoms with Crippen LogP contribution < -0.4 is 23.7 Å². The Morgan fingerprint density at radius 3 is 2.48 bits per heavy atom. The molecule has 3 heterocycles. The summed E-state index contributed by atoms with van der Waals surface area (Å²) in [4.78, 5) is 0. The summed E-state index contributed by atoms with van der Waals surface area (Å²) in [6.45, 7) is 4.64. The Morgan fingerprint density at radius 2 is 1.70 bits per heavy atom. The third-order valence-corrected chi connectivity index (χ3v) is 5.44. The van der Waals surface area contributed by atoms with E-state index in [1.807, 2.05) is 32.0 Å². The van der Waals surface area contributed by atoms with Crippen LogP contribution in [0.3, 0.4) is 0 Å². The summed E-state index contributed by atoms with van der Waals surface area (Å²) in [5.41, 5.74) is 2.87. The standard InChI is InChI=1S/C22H22O5/c1-22(2)6-5-12-7-14-17(9-16(12)27-22)25-11-15-13-8-19(23-3)20(24-4)10-18(13)26-21(14)15/h5-10,15,21H,11H2,1-4H3. The lowest BCUT2D eigenvalue weighted by atomic mass is 9.88. The molecule has 0 radical (unpaired) electrons. The van der Waals surface area contributed by atoms with Gasteiger partial charge < -0.3 is 23.7 Å². The Bertz CT molecular complexity index is 960. The number of hydrogen-bond acceptors (Lipinski definition) is 5. The minimum absolute atomic E-state index is 0.0887. The molecule has 0 saturated heterocycles. The van der Waals surface area contributed by atoms with Crippen molar-refractivity contribution < 1.29 is 23.7 Å². The molecule has 27 heavy (non-hydrogen) atoms. The predicted molar refractivity (Wildman–Crippen MR) is 101 cm³/mol. The van der Waals surface area contributed by atoms with Crippen LogP contribution in [0.5, 0.6) is 28.7 Å². The Kier molecular flexibility index (Phi) is 3.39. The van der Waals surface area contributed by atoms with Gasteiger partial charge in [-0.1, -0.05) is 6.08 Å². The molecule has 5 nitrogen and oxygen atoms in total. The van der Waals surface area contributed by atoms with Gasteiger partial charge in [-0.25, -0.2) is 0 Å². The summed E-state index contributed by atoms with van der Waals surface area (Å²) >= 11 is 0. The third kappa shape index (κ3) is 2.45. The van der Waals surface area contributed by atoms with E-state index in [9.17, 15) is 0 Å². The number of ether oxygens (including phenoxy) is 5. The molecule has 2 unspecified atom stereocenters. The van der Waals surface area contributed by atoms with Gasteiger partial charge in [0.05, 0.1) is 26.7 Å². The average molecular weight is 366 g/mol. The highest BCUT2D eigenvalue weighted by atomic mass is 16.5. The van der Waals surface area contributed by atoms with Gasteiger partial charge in [-0.05, 0) is 32.1 Å². The smallest absolute Gasteiger partial charge is 0.164 e. The van der Waals surface area contributed by atoms with E-state index in [0.717, 1.165) is 33.9 Å². The number of hydrogen-bond donors (Lipinski definition) is 0. The van der Waals surface area contributed by atoms with Crippen molar-refractivity contribution in [1.82, 2.24) is 0 Å². The van der Waals surface area contributed by atoms with Crippen molar-refractivity contribution in [3.05, 3.63) is 47.0 Å². The van der Waals surface area contributed by atoms with Crippen LogP contribution >= 0.6 is 0 Å². The van der Waals surface area contributed by atoms with Crippen LogP contribution in [0, 0.1) is 0 Å². The van der Waals surface area contributed by atoms with E-state index in [2.05, 4.69) is 18.2 Å². The average Bonchev–Trinajstić information content (AvgIpc) is 3.02. The monoisotopic (exact) mass is 366 g/mol. The lowest BCUT2D eigenvalue weighted by molar-refractivity contribution is 0.135. The van der Waals surface area contributed by atoms with Crippen LogP contribution in [0.15, 0.2) is 30.3 Å². The molecule has 5 rings (SSSR count). The first-order valence-electron chi connectivity index (χ1n) is 9.10. The van der Waals surface area contributed by atoms with Gasteiger partial charge in [-0.3, -0.25) is 0 Å². The maximum absolute atomic E-state index is 6.33. The highest BCUT2D eigenvalue weighted by Crippen LogP contribution is 2.54. The van der Waals surface area contributed by atoms with E-state index in [1.165, 1.54) is 0 Å². The molecule has 5 heteroatoms. The molecule has 0 fully saturated rings. The van der Waals surface area contributed by atoms with Crippen LogP contribution in [0.4, 0.5) is 0 Å². The molecule has 2 aromatic rings. The molecule has 0 amide bonds. The molecule has 3 aliphatic heterocycles. The molecule has 0 aliphatic carbocycles. The number of methoxy groups -OCH3 is 2. The van der Waals surface area contributed by atoms with Crippen LogP contribution in [0.2, 0.25) is 0 Å². The SMILES string of the molecule is COc1cc2c(cc1OC)C1COc3cc4c(cc3C1O2)C=CC(C)(C)O4. The van der Waals surface area contributed by atoms with Gasteiger partial charge in [0.1, 0.15) is 29.0 Å². The maximum atomic E-state index is 6.33. The molecule has 0 bridgehead atoms. The number of fused-ring (bicyclic) bond motifs is 6. The summed E-state index contributed by atoms with van der Waals surface area (Å²) in [6, 6.07) is 8.00. The van der Waals surface area contributed by atoms with Gasteiger partial charge in [0, 0.05) is 28.8 Å². The normalized spacial score (nSPS) is 23.0. The van der Waals surface area contributed by atoms with Crippen molar-refractivity contribution in [2.75, 3.05) is 20.8 Å². The van der Waals surface area contributed by atoms with Crippen molar-refractivity contribution in [2.24, 2.45) is 0 Å². The molecule has 3 aliphatic rings. The van der Waals surface area contributed by atoms with Crippen molar-refractivity contribution in [3.8, 4) is 28.7 Å². The zero-order chi connectivity index (χ0) is 18.8. The van der Waals surface area contributed by atoms with Crippen LogP contribution in [-0.4, -0.2) is 26.4 Å². The Balaban J connectivity index is 1.56. The molecule has 0 spiro atoms. The molecule has 0 N–H and O–H groups in total. The van der Waals surface area contributed by atoms with E-state index in [4.69, 9.17) is 23.7 Å². The highest BCUT2D eigenvalue weighted by molar-refractivity contribution is 5.66. The van der Waals surface area contributed by atoms with Crippen molar-refractivity contribution in [3.63, 3.8) is 0 Å². The van der Waals surface area contributed by atoms with Crippen molar-refractivity contribution in [1.29, 1.82) is 0 Å². The molecular weight excluding hydrogens is 344 g/mol. The highest BCUT2D eigenvalue weighted by Gasteiger charge is 2.42. The lowest BCUT2D eigenvalue weighted by Gasteiger charge is -2.32. The Hall–Kier alpha value is -2.82. The van der Waals surface area contributed by atoms with Gasteiger partial charge in [-0.15, -0.1) is 0 Å². The zero-order valence-electron chi connectivity index (χ0n) is 15.9. The fourth-order valence-electron chi connectivity index (χ4n) is 4.06. The third-order valence-electron chi connectivity index (χ3n) is 5.44. The molecule has 2 atom stereocenters. The van der Waals surface area contributed by atoms with E-state index in [-0.39, 0.29) is 17.6 Å². The first kappa shape index (κ1) is 16.4. The molecular formula is C22H22O5. The maximum Gasteiger partial charge on any atom is 0.164 e. The van der Waals surface area contributed by atoms with E-state index < -0.39 is 0 Å². The Morgan fingerprint density at radius 1 is 0.926 bits per heavy atom. The molecule has 0 saturated carbocycles. The second kappa shape index (κ2) is 5.59. The first-order chi connectivity index (χ1) is 13.0. The van der Waals surface area contributed by atoms with E-state index in [1.54, 1.807) is 14.2 Å².